The molecule has 0 saturated heterocycles. The smallest absolute Gasteiger partial charge is 0.126 e. The van der Waals surface area contributed by atoms with Gasteiger partial charge in [0.2, 0.25) is 0 Å². The van der Waals surface area contributed by atoms with Crippen LogP contribution >= 0.6 is 0 Å². The van der Waals surface area contributed by atoms with Crippen molar-refractivity contribution in [1.82, 2.24) is 0 Å². The third-order valence-corrected chi connectivity index (χ3v) is 7.47. The van der Waals surface area contributed by atoms with Gasteiger partial charge in [0, 0.05) is 48.8 Å². The number of carbonyl (C=O) groups is 1. The number of rotatable bonds is 8. The zero-order valence-corrected chi connectivity index (χ0v) is 25.1. The third kappa shape index (κ3) is 7.40. The summed E-state index contributed by atoms with van der Waals surface area (Å²) in [6, 6.07) is 32.8. The van der Waals surface area contributed by atoms with E-state index < -0.39 is 0 Å². The molecule has 0 bridgehead atoms. The number of Topliss-reactive ketones (excluding diaryl/α,β-unsaturated/α-hetero) is 1. The number of fused-ring (bicyclic) bond motifs is 1. The lowest BCUT2D eigenvalue weighted by atomic mass is 10.0. The normalized spacial score (nSPS) is 14.3. The van der Waals surface area contributed by atoms with Gasteiger partial charge < -0.3 is 14.6 Å². The molecule has 4 aromatic rings. The van der Waals surface area contributed by atoms with E-state index in [9.17, 15) is 4.79 Å². The Bertz CT molecular complexity index is 1550. The maximum Gasteiger partial charge on any atom is 0.126 e. The highest BCUT2D eigenvalue weighted by molar-refractivity contribution is 6.01. The second kappa shape index (κ2) is 13.8. The topological polar surface area (TPSA) is 35.9 Å². The van der Waals surface area contributed by atoms with Gasteiger partial charge in [0.15, 0.2) is 0 Å². The van der Waals surface area contributed by atoms with Gasteiger partial charge in [0.1, 0.15) is 5.78 Å². The van der Waals surface area contributed by atoms with Crippen molar-refractivity contribution in [2.24, 2.45) is 10.9 Å². The summed E-state index contributed by atoms with van der Waals surface area (Å²) in [5.74, 6) is 0.726. The second-order valence-electron chi connectivity index (χ2n) is 10.7. The first-order chi connectivity index (χ1) is 19.8. The summed E-state index contributed by atoms with van der Waals surface area (Å²) in [4.78, 5) is 18.5. The monoisotopic (exact) mass is 543 g/mol. The fraction of sp³-hybridized carbons (Fsp3) is 0.243. The minimum absolute atomic E-state index is 0.167. The van der Waals surface area contributed by atoms with Crippen molar-refractivity contribution in [3.8, 4) is 0 Å². The van der Waals surface area contributed by atoms with E-state index in [0.29, 0.717) is 5.92 Å². The van der Waals surface area contributed by atoms with Crippen LogP contribution in [-0.2, 0) is 4.79 Å². The third-order valence-electron chi connectivity index (χ3n) is 7.47. The maximum absolute atomic E-state index is 9.44. The number of allylic oxidation sites excluding steroid dienone is 3. The van der Waals surface area contributed by atoms with Crippen molar-refractivity contribution in [1.29, 1.82) is 0 Å². The van der Waals surface area contributed by atoms with E-state index in [4.69, 9.17) is 0 Å². The van der Waals surface area contributed by atoms with E-state index in [1.54, 1.807) is 0 Å². The molecule has 0 amide bonds. The summed E-state index contributed by atoms with van der Waals surface area (Å²) in [6.45, 7) is 8.38. The molecule has 0 aromatic heterocycles. The van der Waals surface area contributed by atoms with Crippen LogP contribution in [0.3, 0.4) is 0 Å². The van der Waals surface area contributed by atoms with E-state index in [0.717, 1.165) is 35.6 Å². The van der Waals surface area contributed by atoms with Crippen molar-refractivity contribution >= 4 is 45.0 Å². The molecule has 1 unspecified atom stereocenters. The van der Waals surface area contributed by atoms with Gasteiger partial charge in [-0.25, -0.2) is 0 Å². The molecule has 4 aromatic carbocycles. The van der Waals surface area contributed by atoms with E-state index in [1.165, 1.54) is 41.6 Å². The van der Waals surface area contributed by atoms with Gasteiger partial charge in [-0.2, -0.15) is 0 Å². The zero-order valence-electron chi connectivity index (χ0n) is 25.1. The van der Waals surface area contributed by atoms with Crippen molar-refractivity contribution in [2.45, 2.75) is 34.1 Å². The molecular formula is C37H41N3O. The SMILES string of the molecule is CC(C)=O.CN=C(C)c1ccc(N(c2ccc(N(C)CCC3=CC=CC3C)cc2)c2cccc3ccccc23)cc1. The van der Waals surface area contributed by atoms with Crippen LogP contribution in [-0.4, -0.2) is 32.1 Å². The zero-order chi connectivity index (χ0) is 29.4. The Morgan fingerprint density at radius 1 is 0.805 bits per heavy atom. The molecule has 210 valence electrons. The minimum Gasteiger partial charge on any atom is -0.374 e. The van der Waals surface area contributed by atoms with E-state index in [-0.39, 0.29) is 5.78 Å². The van der Waals surface area contributed by atoms with E-state index in [2.05, 4.69) is 138 Å². The molecule has 4 heteroatoms. The number of aliphatic imine (C=N–C) groups is 1. The van der Waals surface area contributed by atoms with Crippen LogP contribution in [0.2, 0.25) is 0 Å². The fourth-order valence-electron chi connectivity index (χ4n) is 5.03. The van der Waals surface area contributed by atoms with Crippen molar-refractivity contribution < 1.29 is 4.79 Å². The van der Waals surface area contributed by atoms with Crippen LogP contribution in [0.25, 0.3) is 10.8 Å². The standard InChI is InChI=1S/C34H35N3.C3H6O/c1-25-9-7-11-27(25)23-24-36(4)30-19-21-32(22-20-30)37(31-17-15-28(16-18-31)26(2)35-3)34-14-8-12-29-10-5-6-13-33(29)34;1-3(2)4/h5-22,25H,23-24H2,1-4H3;1-2H3. The van der Waals surface area contributed by atoms with Gasteiger partial charge in [-0.1, -0.05) is 79.3 Å². The molecule has 4 nitrogen and oxygen atoms in total. The van der Waals surface area contributed by atoms with Crippen molar-refractivity contribution in [3.63, 3.8) is 0 Å². The second-order valence-corrected chi connectivity index (χ2v) is 10.7. The first-order valence-corrected chi connectivity index (χ1v) is 14.3. The summed E-state index contributed by atoms with van der Waals surface area (Å²) in [5, 5.41) is 2.46. The number of anilines is 4. The number of carbonyl (C=O) groups excluding carboxylic acids is 1. The number of nitrogens with zero attached hydrogens (tertiary/aromatic N) is 3. The minimum atomic E-state index is 0.167. The first kappa shape index (κ1) is 29.5. The fourth-order valence-corrected chi connectivity index (χ4v) is 5.03. The van der Waals surface area contributed by atoms with Crippen LogP contribution in [0, 0.1) is 5.92 Å². The molecule has 0 N–H and O–H groups in total. The average Bonchev–Trinajstić information content (AvgIpc) is 3.40. The van der Waals surface area contributed by atoms with Crippen LogP contribution in [0.1, 0.15) is 39.7 Å². The summed E-state index contributed by atoms with van der Waals surface area (Å²) in [6.07, 6.45) is 7.80. The van der Waals surface area contributed by atoms with Crippen molar-refractivity contribution in [3.05, 3.63) is 120 Å². The summed E-state index contributed by atoms with van der Waals surface area (Å²) in [5.41, 5.74) is 8.35. The maximum atomic E-state index is 9.44. The highest BCUT2D eigenvalue weighted by atomic mass is 16.1. The van der Waals surface area contributed by atoms with Crippen LogP contribution in [0.15, 0.2) is 120 Å². The molecule has 0 fully saturated rings. The lowest BCUT2D eigenvalue weighted by molar-refractivity contribution is -0.114. The molecule has 0 heterocycles. The quantitative estimate of drug-likeness (QED) is 0.208. The predicted molar refractivity (Wildman–Crippen MR) is 177 cm³/mol. The van der Waals surface area contributed by atoms with Crippen LogP contribution in [0.4, 0.5) is 22.7 Å². The number of benzene rings is 4. The van der Waals surface area contributed by atoms with Gasteiger partial charge in [-0.15, -0.1) is 0 Å². The van der Waals surface area contributed by atoms with E-state index in [1.807, 2.05) is 14.0 Å². The first-order valence-electron chi connectivity index (χ1n) is 14.3. The van der Waals surface area contributed by atoms with Gasteiger partial charge in [0.05, 0.1) is 5.69 Å². The molecule has 0 saturated carbocycles. The predicted octanol–water partition coefficient (Wildman–Crippen LogP) is 9.30. The Hall–Kier alpha value is -4.44. The van der Waals surface area contributed by atoms with Gasteiger partial charge in [0.25, 0.3) is 0 Å². The van der Waals surface area contributed by atoms with Gasteiger partial charge in [-0.05, 0) is 86.5 Å². The lowest BCUT2D eigenvalue weighted by Gasteiger charge is -2.28. The Kier molecular flexibility index (Phi) is 9.91. The molecule has 1 aliphatic rings. The number of hydrogen-bond acceptors (Lipinski definition) is 4. The van der Waals surface area contributed by atoms with Gasteiger partial charge in [-0.3, -0.25) is 4.99 Å². The molecule has 41 heavy (non-hydrogen) atoms. The Labute approximate surface area is 245 Å². The molecule has 1 atom stereocenters. The highest BCUT2D eigenvalue weighted by Crippen LogP contribution is 2.39. The largest absolute Gasteiger partial charge is 0.374 e. The Morgan fingerprint density at radius 3 is 2.00 bits per heavy atom. The Balaban J connectivity index is 0.000000909. The number of hydrogen-bond donors (Lipinski definition) is 0. The van der Waals surface area contributed by atoms with Gasteiger partial charge >= 0.3 is 0 Å². The molecule has 0 aliphatic heterocycles. The summed E-state index contributed by atoms with van der Waals surface area (Å²) >= 11 is 0. The highest BCUT2D eigenvalue weighted by Gasteiger charge is 2.16. The summed E-state index contributed by atoms with van der Waals surface area (Å²) < 4.78 is 0. The number of ketones is 1. The molecule has 0 spiro atoms. The molecular weight excluding hydrogens is 502 g/mol. The molecule has 1 aliphatic carbocycles. The van der Waals surface area contributed by atoms with Crippen molar-refractivity contribution in [2.75, 3.05) is 30.4 Å². The summed E-state index contributed by atoms with van der Waals surface area (Å²) in [7, 11) is 4.02. The van der Waals surface area contributed by atoms with E-state index >= 15 is 0 Å². The van der Waals surface area contributed by atoms with Crippen LogP contribution < -0.4 is 9.80 Å². The lowest BCUT2D eigenvalue weighted by Crippen LogP contribution is -2.19. The average molecular weight is 544 g/mol. The molecule has 5 rings (SSSR count). The molecule has 0 radical (unpaired) electrons. The van der Waals surface area contributed by atoms with Crippen LogP contribution in [0.5, 0.6) is 0 Å². The Morgan fingerprint density at radius 2 is 1.39 bits per heavy atom.